The van der Waals surface area contributed by atoms with Crippen LogP contribution in [-0.2, 0) is 6.54 Å². The SMILES string of the molecule is c1ccc(-c2cc(-c3ccccc3)n3c2-c2ccccc2C3)cc1. The summed E-state index contributed by atoms with van der Waals surface area (Å²) in [5, 5.41) is 0. The Kier molecular flexibility index (Phi) is 2.92. The Hall–Kier alpha value is -3.06. The lowest BCUT2D eigenvalue weighted by atomic mass is 9.99. The van der Waals surface area contributed by atoms with Gasteiger partial charge in [-0.25, -0.2) is 0 Å². The first-order chi connectivity index (χ1) is 11.9. The van der Waals surface area contributed by atoms with E-state index in [1.54, 1.807) is 0 Å². The molecular weight excluding hydrogens is 290 g/mol. The van der Waals surface area contributed by atoms with Gasteiger partial charge in [-0.1, -0.05) is 84.9 Å². The van der Waals surface area contributed by atoms with E-state index in [0.29, 0.717) is 0 Å². The molecule has 0 radical (unpaired) electrons. The van der Waals surface area contributed by atoms with Crippen LogP contribution >= 0.6 is 0 Å². The van der Waals surface area contributed by atoms with E-state index in [4.69, 9.17) is 0 Å². The van der Waals surface area contributed by atoms with Gasteiger partial charge in [0.15, 0.2) is 0 Å². The molecule has 0 atom stereocenters. The summed E-state index contributed by atoms with van der Waals surface area (Å²) in [6, 6.07) is 32.5. The first kappa shape index (κ1) is 13.4. The van der Waals surface area contributed by atoms with Gasteiger partial charge in [-0.3, -0.25) is 0 Å². The molecule has 0 unspecified atom stereocenters. The predicted molar refractivity (Wildman–Crippen MR) is 99.8 cm³/mol. The van der Waals surface area contributed by atoms with Crippen LogP contribution in [0.1, 0.15) is 5.56 Å². The lowest BCUT2D eigenvalue weighted by Gasteiger charge is -2.06. The number of fused-ring (bicyclic) bond motifs is 3. The maximum absolute atomic E-state index is 2.46. The fourth-order valence-electron chi connectivity index (χ4n) is 3.75. The van der Waals surface area contributed by atoms with Crippen LogP contribution in [0.15, 0.2) is 91.0 Å². The minimum absolute atomic E-state index is 0.947. The average Bonchev–Trinajstić information content (AvgIpc) is 3.20. The van der Waals surface area contributed by atoms with Gasteiger partial charge in [0.1, 0.15) is 0 Å². The zero-order chi connectivity index (χ0) is 15.9. The van der Waals surface area contributed by atoms with Gasteiger partial charge < -0.3 is 4.57 Å². The number of nitrogens with zero attached hydrogens (tertiary/aromatic N) is 1. The third-order valence-electron chi connectivity index (χ3n) is 4.85. The average molecular weight is 307 g/mol. The Morgan fingerprint density at radius 3 is 1.96 bits per heavy atom. The second-order valence-corrected chi connectivity index (χ2v) is 6.27. The van der Waals surface area contributed by atoms with Crippen LogP contribution in [0.5, 0.6) is 0 Å². The highest BCUT2D eigenvalue weighted by molar-refractivity contribution is 5.89. The van der Waals surface area contributed by atoms with Crippen LogP contribution in [0, 0.1) is 0 Å². The molecule has 0 amide bonds. The minimum Gasteiger partial charge on any atom is -0.335 e. The molecule has 1 aromatic heterocycles. The molecule has 4 aromatic rings. The van der Waals surface area contributed by atoms with Crippen LogP contribution in [0.25, 0.3) is 33.6 Å². The topological polar surface area (TPSA) is 4.93 Å². The van der Waals surface area contributed by atoms with Crippen molar-refractivity contribution < 1.29 is 0 Å². The maximum Gasteiger partial charge on any atom is 0.0571 e. The monoisotopic (exact) mass is 307 g/mol. The molecule has 1 aliphatic heterocycles. The lowest BCUT2D eigenvalue weighted by Crippen LogP contribution is -1.95. The first-order valence-electron chi connectivity index (χ1n) is 8.34. The van der Waals surface area contributed by atoms with E-state index >= 15 is 0 Å². The minimum atomic E-state index is 0.947. The Morgan fingerprint density at radius 2 is 1.21 bits per heavy atom. The van der Waals surface area contributed by atoms with Gasteiger partial charge in [0.2, 0.25) is 0 Å². The third-order valence-corrected chi connectivity index (χ3v) is 4.85. The third kappa shape index (κ3) is 1.95. The highest BCUT2D eigenvalue weighted by atomic mass is 15.0. The quantitative estimate of drug-likeness (QED) is 0.385. The van der Waals surface area contributed by atoms with Crippen molar-refractivity contribution in [2.24, 2.45) is 0 Å². The van der Waals surface area contributed by atoms with Gasteiger partial charge in [-0.05, 0) is 22.8 Å². The zero-order valence-electron chi connectivity index (χ0n) is 13.3. The number of aromatic nitrogens is 1. The summed E-state index contributed by atoms with van der Waals surface area (Å²) in [5.41, 5.74) is 9.27. The van der Waals surface area contributed by atoms with Crippen molar-refractivity contribution in [3.63, 3.8) is 0 Å². The number of benzene rings is 3. The predicted octanol–water partition coefficient (Wildman–Crippen LogP) is 5.85. The van der Waals surface area contributed by atoms with Gasteiger partial charge in [0.25, 0.3) is 0 Å². The molecule has 0 spiro atoms. The van der Waals surface area contributed by atoms with Crippen molar-refractivity contribution in [3.8, 4) is 33.6 Å². The van der Waals surface area contributed by atoms with Crippen molar-refractivity contribution in [3.05, 3.63) is 96.6 Å². The van der Waals surface area contributed by atoms with Gasteiger partial charge >= 0.3 is 0 Å². The number of hydrogen-bond donors (Lipinski definition) is 0. The fourth-order valence-corrected chi connectivity index (χ4v) is 3.75. The molecule has 1 heteroatoms. The highest BCUT2D eigenvalue weighted by Crippen LogP contribution is 2.44. The smallest absolute Gasteiger partial charge is 0.0571 e. The normalized spacial score (nSPS) is 12.0. The molecule has 0 saturated heterocycles. The molecule has 24 heavy (non-hydrogen) atoms. The molecule has 3 aromatic carbocycles. The molecule has 0 aliphatic carbocycles. The van der Waals surface area contributed by atoms with E-state index in [1.165, 1.54) is 39.2 Å². The van der Waals surface area contributed by atoms with Crippen LogP contribution in [0.2, 0.25) is 0 Å². The van der Waals surface area contributed by atoms with E-state index < -0.39 is 0 Å². The van der Waals surface area contributed by atoms with E-state index in [-0.39, 0.29) is 0 Å². The lowest BCUT2D eigenvalue weighted by molar-refractivity contribution is 0.861. The summed E-state index contributed by atoms with van der Waals surface area (Å²) in [7, 11) is 0. The van der Waals surface area contributed by atoms with E-state index in [2.05, 4.69) is 95.6 Å². The molecule has 1 aliphatic rings. The van der Waals surface area contributed by atoms with Crippen molar-refractivity contribution >= 4 is 0 Å². The van der Waals surface area contributed by atoms with Crippen LogP contribution in [0.4, 0.5) is 0 Å². The Balaban J connectivity index is 1.81. The summed E-state index contributed by atoms with van der Waals surface area (Å²) >= 11 is 0. The largest absolute Gasteiger partial charge is 0.335 e. The number of rotatable bonds is 2. The maximum atomic E-state index is 2.46. The summed E-state index contributed by atoms with van der Waals surface area (Å²) in [4.78, 5) is 0. The van der Waals surface area contributed by atoms with Crippen LogP contribution < -0.4 is 0 Å². The van der Waals surface area contributed by atoms with Crippen LogP contribution in [-0.4, -0.2) is 4.57 Å². The number of hydrogen-bond acceptors (Lipinski definition) is 0. The van der Waals surface area contributed by atoms with Gasteiger partial charge in [-0.2, -0.15) is 0 Å². The second kappa shape index (κ2) is 5.24. The zero-order valence-corrected chi connectivity index (χ0v) is 13.3. The van der Waals surface area contributed by atoms with Crippen molar-refractivity contribution in [2.75, 3.05) is 0 Å². The summed E-state index contributed by atoms with van der Waals surface area (Å²) in [6.45, 7) is 0.947. The standard InChI is InChI=1S/C23H17N/c1-3-9-17(10-4-1)21-15-22(18-11-5-2-6-12-18)24-16-19-13-7-8-14-20(19)23(21)24/h1-15H,16H2. The Bertz CT molecular complexity index is 1010. The molecule has 1 nitrogen and oxygen atoms in total. The van der Waals surface area contributed by atoms with E-state index in [0.717, 1.165) is 6.54 Å². The van der Waals surface area contributed by atoms with E-state index in [9.17, 15) is 0 Å². The molecule has 0 fully saturated rings. The van der Waals surface area contributed by atoms with Crippen molar-refractivity contribution in [2.45, 2.75) is 6.54 Å². The molecule has 0 saturated carbocycles. The second-order valence-electron chi connectivity index (χ2n) is 6.27. The van der Waals surface area contributed by atoms with Gasteiger partial charge in [0, 0.05) is 23.4 Å². The molecule has 5 rings (SSSR count). The van der Waals surface area contributed by atoms with Gasteiger partial charge in [0.05, 0.1) is 5.69 Å². The molecule has 2 heterocycles. The Morgan fingerprint density at radius 1 is 0.583 bits per heavy atom. The molecule has 114 valence electrons. The van der Waals surface area contributed by atoms with E-state index in [1.807, 2.05) is 0 Å². The molecule has 0 bridgehead atoms. The Labute approximate surface area is 141 Å². The molecular formula is C23H17N. The van der Waals surface area contributed by atoms with Crippen molar-refractivity contribution in [1.29, 1.82) is 0 Å². The van der Waals surface area contributed by atoms with Crippen LogP contribution in [0.3, 0.4) is 0 Å². The summed E-state index contributed by atoms with van der Waals surface area (Å²) in [6.07, 6.45) is 0. The highest BCUT2D eigenvalue weighted by Gasteiger charge is 2.25. The van der Waals surface area contributed by atoms with Gasteiger partial charge in [-0.15, -0.1) is 0 Å². The fraction of sp³-hybridized carbons (Fsp3) is 0.0435. The van der Waals surface area contributed by atoms with Crippen molar-refractivity contribution in [1.82, 2.24) is 4.57 Å². The summed E-state index contributed by atoms with van der Waals surface area (Å²) < 4.78 is 2.46. The molecule has 0 N–H and O–H groups in total. The summed E-state index contributed by atoms with van der Waals surface area (Å²) in [5.74, 6) is 0. The first-order valence-corrected chi connectivity index (χ1v) is 8.34.